The molecule has 0 aliphatic carbocycles. The number of amides is 1. The van der Waals surface area contributed by atoms with E-state index in [-0.39, 0.29) is 18.6 Å². The predicted octanol–water partition coefficient (Wildman–Crippen LogP) is 2.80. The van der Waals surface area contributed by atoms with Crippen LogP contribution in [0.3, 0.4) is 0 Å². The fourth-order valence-corrected chi connectivity index (χ4v) is 2.08. The second kappa shape index (κ2) is 8.12. The third kappa shape index (κ3) is 4.84. The molecular formula is C17H21NO4. The second-order valence-corrected chi connectivity index (χ2v) is 5.03. The summed E-state index contributed by atoms with van der Waals surface area (Å²) in [6.45, 7) is 1.93. The molecule has 1 aromatic heterocycles. The van der Waals surface area contributed by atoms with E-state index in [4.69, 9.17) is 13.9 Å². The molecule has 118 valence electrons. The number of hydrogen-bond donors (Lipinski definition) is 1. The molecule has 0 radical (unpaired) electrons. The van der Waals surface area contributed by atoms with Crippen molar-refractivity contribution in [3.63, 3.8) is 0 Å². The van der Waals surface area contributed by atoms with Crippen LogP contribution in [0, 0.1) is 0 Å². The summed E-state index contributed by atoms with van der Waals surface area (Å²) in [6, 6.07) is 11.1. The predicted molar refractivity (Wildman–Crippen MR) is 83.1 cm³/mol. The van der Waals surface area contributed by atoms with Crippen LogP contribution in [0.2, 0.25) is 0 Å². The van der Waals surface area contributed by atoms with Gasteiger partial charge in [-0.25, -0.2) is 0 Å². The van der Waals surface area contributed by atoms with E-state index in [0.717, 1.165) is 18.6 Å². The summed E-state index contributed by atoms with van der Waals surface area (Å²) in [5.41, 5.74) is 0. The summed E-state index contributed by atoms with van der Waals surface area (Å²) >= 11 is 0. The number of rotatable bonds is 8. The van der Waals surface area contributed by atoms with Gasteiger partial charge in [0.1, 0.15) is 5.76 Å². The fraction of sp³-hybridized carbons (Fsp3) is 0.353. The molecule has 0 aliphatic rings. The highest BCUT2D eigenvalue weighted by molar-refractivity contribution is 5.77. The number of methoxy groups -OCH3 is 1. The van der Waals surface area contributed by atoms with Gasteiger partial charge in [0.15, 0.2) is 18.1 Å². The molecule has 1 atom stereocenters. The van der Waals surface area contributed by atoms with Gasteiger partial charge in [-0.05, 0) is 37.6 Å². The third-order valence-electron chi connectivity index (χ3n) is 3.24. The van der Waals surface area contributed by atoms with E-state index in [9.17, 15) is 4.79 Å². The van der Waals surface area contributed by atoms with Gasteiger partial charge in [-0.2, -0.15) is 0 Å². The molecule has 0 saturated heterocycles. The van der Waals surface area contributed by atoms with Gasteiger partial charge in [-0.3, -0.25) is 4.79 Å². The fourth-order valence-electron chi connectivity index (χ4n) is 2.08. The lowest BCUT2D eigenvalue weighted by Gasteiger charge is -2.14. The number of furan rings is 1. The zero-order valence-electron chi connectivity index (χ0n) is 12.9. The van der Waals surface area contributed by atoms with Gasteiger partial charge in [0.05, 0.1) is 13.4 Å². The molecule has 0 spiro atoms. The standard InChI is InChI=1S/C17H21NO4/c1-13(9-10-14-6-5-11-21-14)18-17(19)12-22-16-8-4-3-7-15(16)20-2/h3-8,11,13H,9-10,12H2,1-2H3,(H,18,19)/t13-/m1/s1. The zero-order chi connectivity index (χ0) is 15.8. The number of ether oxygens (including phenoxy) is 2. The summed E-state index contributed by atoms with van der Waals surface area (Å²) in [4.78, 5) is 11.9. The van der Waals surface area contributed by atoms with E-state index >= 15 is 0 Å². The summed E-state index contributed by atoms with van der Waals surface area (Å²) < 4.78 is 15.9. The molecule has 2 rings (SSSR count). The lowest BCUT2D eigenvalue weighted by atomic mass is 10.1. The van der Waals surface area contributed by atoms with Crippen molar-refractivity contribution in [1.29, 1.82) is 0 Å². The lowest BCUT2D eigenvalue weighted by molar-refractivity contribution is -0.123. The Morgan fingerprint density at radius 3 is 2.68 bits per heavy atom. The quantitative estimate of drug-likeness (QED) is 0.814. The largest absolute Gasteiger partial charge is 0.493 e. The Morgan fingerprint density at radius 1 is 1.23 bits per heavy atom. The Labute approximate surface area is 130 Å². The Balaban J connectivity index is 1.73. The molecule has 1 heterocycles. The van der Waals surface area contributed by atoms with Gasteiger partial charge in [-0.1, -0.05) is 12.1 Å². The molecule has 0 unspecified atom stereocenters. The van der Waals surface area contributed by atoms with Gasteiger partial charge in [0, 0.05) is 12.5 Å². The van der Waals surface area contributed by atoms with E-state index in [1.54, 1.807) is 25.5 Å². The Hall–Kier alpha value is -2.43. The monoisotopic (exact) mass is 303 g/mol. The van der Waals surface area contributed by atoms with Crippen LogP contribution in [0.25, 0.3) is 0 Å². The summed E-state index contributed by atoms with van der Waals surface area (Å²) in [5, 5.41) is 2.90. The molecule has 5 heteroatoms. The lowest BCUT2D eigenvalue weighted by Crippen LogP contribution is -2.36. The van der Waals surface area contributed by atoms with E-state index < -0.39 is 0 Å². The molecule has 0 fully saturated rings. The van der Waals surface area contributed by atoms with Gasteiger partial charge >= 0.3 is 0 Å². The van der Waals surface area contributed by atoms with Crippen molar-refractivity contribution >= 4 is 5.91 Å². The van der Waals surface area contributed by atoms with Crippen LogP contribution in [0.15, 0.2) is 47.1 Å². The summed E-state index contributed by atoms with van der Waals surface area (Å²) in [5.74, 6) is 1.94. The van der Waals surface area contributed by atoms with E-state index in [1.165, 1.54) is 0 Å². The number of aryl methyl sites for hydroxylation is 1. The van der Waals surface area contributed by atoms with Crippen LogP contribution >= 0.6 is 0 Å². The molecule has 0 bridgehead atoms. The van der Waals surface area contributed by atoms with Crippen molar-refractivity contribution in [2.24, 2.45) is 0 Å². The average Bonchev–Trinajstić information content (AvgIpc) is 3.04. The van der Waals surface area contributed by atoms with Crippen molar-refractivity contribution in [1.82, 2.24) is 5.32 Å². The summed E-state index contributed by atoms with van der Waals surface area (Å²) in [6.07, 6.45) is 3.26. The van der Waals surface area contributed by atoms with Gasteiger partial charge in [-0.15, -0.1) is 0 Å². The number of para-hydroxylation sites is 2. The highest BCUT2D eigenvalue weighted by Gasteiger charge is 2.10. The minimum Gasteiger partial charge on any atom is -0.493 e. The zero-order valence-corrected chi connectivity index (χ0v) is 12.9. The van der Waals surface area contributed by atoms with Crippen LogP contribution in [0.1, 0.15) is 19.1 Å². The minimum absolute atomic E-state index is 0.0362. The van der Waals surface area contributed by atoms with E-state index in [0.29, 0.717) is 11.5 Å². The second-order valence-electron chi connectivity index (χ2n) is 5.03. The maximum atomic E-state index is 11.9. The van der Waals surface area contributed by atoms with Crippen molar-refractivity contribution in [3.05, 3.63) is 48.4 Å². The van der Waals surface area contributed by atoms with Crippen LogP contribution < -0.4 is 14.8 Å². The maximum absolute atomic E-state index is 11.9. The van der Waals surface area contributed by atoms with Gasteiger partial charge in [0.25, 0.3) is 5.91 Å². The number of nitrogens with one attached hydrogen (secondary N) is 1. The molecule has 1 aromatic carbocycles. The molecule has 0 aliphatic heterocycles. The Kier molecular flexibility index (Phi) is 5.89. The first kappa shape index (κ1) is 15.9. The highest BCUT2D eigenvalue weighted by Crippen LogP contribution is 2.25. The summed E-state index contributed by atoms with van der Waals surface area (Å²) in [7, 11) is 1.57. The van der Waals surface area contributed by atoms with Crippen LogP contribution in [-0.4, -0.2) is 25.7 Å². The molecule has 5 nitrogen and oxygen atoms in total. The van der Waals surface area contributed by atoms with Crippen molar-refractivity contribution < 1.29 is 18.7 Å². The smallest absolute Gasteiger partial charge is 0.258 e. The Bertz CT molecular complexity index is 580. The molecule has 0 saturated carbocycles. The van der Waals surface area contributed by atoms with Crippen molar-refractivity contribution in [3.8, 4) is 11.5 Å². The van der Waals surface area contributed by atoms with E-state index in [1.807, 2.05) is 31.2 Å². The molecule has 22 heavy (non-hydrogen) atoms. The highest BCUT2D eigenvalue weighted by atomic mass is 16.5. The van der Waals surface area contributed by atoms with Crippen LogP contribution in [-0.2, 0) is 11.2 Å². The first-order valence-corrected chi connectivity index (χ1v) is 7.26. The van der Waals surface area contributed by atoms with E-state index in [2.05, 4.69) is 5.32 Å². The molecule has 1 amide bonds. The number of benzene rings is 1. The molecule has 2 aromatic rings. The number of carbonyl (C=O) groups is 1. The number of carbonyl (C=O) groups excluding carboxylic acids is 1. The molecule has 1 N–H and O–H groups in total. The molecular weight excluding hydrogens is 282 g/mol. The SMILES string of the molecule is COc1ccccc1OCC(=O)N[C@H](C)CCc1ccco1. The van der Waals surface area contributed by atoms with Gasteiger partial charge in [0.2, 0.25) is 0 Å². The average molecular weight is 303 g/mol. The topological polar surface area (TPSA) is 60.7 Å². The van der Waals surface area contributed by atoms with Crippen LogP contribution in [0.5, 0.6) is 11.5 Å². The minimum atomic E-state index is -0.155. The number of hydrogen-bond acceptors (Lipinski definition) is 4. The Morgan fingerprint density at radius 2 is 2.00 bits per heavy atom. The van der Waals surface area contributed by atoms with Crippen LogP contribution in [0.4, 0.5) is 0 Å². The van der Waals surface area contributed by atoms with Gasteiger partial charge < -0.3 is 19.2 Å². The normalized spacial score (nSPS) is 11.7. The first-order valence-electron chi connectivity index (χ1n) is 7.26. The van der Waals surface area contributed by atoms with Crippen molar-refractivity contribution in [2.75, 3.05) is 13.7 Å². The maximum Gasteiger partial charge on any atom is 0.258 e. The van der Waals surface area contributed by atoms with Crippen molar-refractivity contribution in [2.45, 2.75) is 25.8 Å². The first-order chi connectivity index (χ1) is 10.7. The third-order valence-corrected chi connectivity index (χ3v) is 3.24.